The highest BCUT2D eigenvalue weighted by molar-refractivity contribution is 7.88. The maximum absolute atomic E-state index is 13.3. The zero-order valence-electron chi connectivity index (χ0n) is 19.2. The summed E-state index contributed by atoms with van der Waals surface area (Å²) >= 11 is 0. The summed E-state index contributed by atoms with van der Waals surface area (Å²) in [5.41, 5.74) is 1.97. The predicted octanol–water partition coefficient (Wildman–Crippen LogP) is 1.86. The summed E-state index contributed by atoms with van der Waals surface area (Å²) in [7, 11) is 3.53. The molecule has 0 aliphatic heterocycles. The summed E-state index contributed by atoms with van der Waals surface area (Å²) in [6, 6.07) is 7.53. The molecule has 2 atom stereocenters. The van der Waals surface area contributed by atoms with Crippen molar-refractivity contribution in [1.29, 1.82) is 0 Å². The zero-order chi connectivity index (χ0) is 23.5. The lowest BCUT2D eigenvalue weighted by atomic mass is 9.78. The minimum absolute atomic E-state index is 0.158. The monoisotopic (exact) mass is 461 g/mol. The van der Waals surface area contributed by atoms with Crippen molar-refractivity contribution in [1.82, 2.24) is 19.8 Å². The molecule has 1 heterocycles. The second-order valence-corrected chi connectivity index (χ2v) is 10.4. The van der Waals surface area contributed by atoms with E-state index in [0.717, 1.165) is 23.1 Å². The first kappa shape index (κ1) is 24.1. The van der Waals surface area contributed by atoms with Gasteiger partial charge in [-0.3, -0.25) is 9.63 Å². The van der Waals surface area contributed by atoms with Crippen molar-refractivity contribution in [2.75, 3.05) is 39.4 Å². The van der Waals surface area contributed by atoms with Crippen molar-refractivity contribution in [3.63, 3.8) is 0 Å². The van der Waals surface area contributed by atoms with Crippen LogP contribution in [0.5, 0.6) is 0 Å². The number of rotatable bonds is 8. The molecular weight excluding hydrogens is 430 g/mol. The van der Waals surface area contributed by atoms with E-state index in [9.17, 15) is 13.2 Å². The third-order valence-corrected chi connectivity index (χ3v) is 6.65. The van der Waals surface area contributed by atoms with Gasteiger partial charge >= 0.3 is 0 Å². The van der Waals surface area contributed by atoms with Gasteiger partial charge in [0.15, 0.2) is 5.82 Å². The Kier molecular flexibility index (Phi) is 7.16. The van der Waals surface area contributed by atoms with Gasteiger partial charge < -0.3 is 4.90 Å². The smallest absolute Gasteiger partial charge is 0.252 e. The molecule has 2 aromatic rings. The SMILES string of the molecule is CON(C)C(=O)[C@@]1(Cc2cccc(-c3ncc(N(C)C)cn3)c2)CC[C@H](NS(C)(=O)=O)C1. The first-order valence-electron chi connectivity index (χ1n) is 10.4. The summed E-state index contributed by atoms with van der Waals surface area (Å²) in [6.07, 6.45) is 6.70. The maximum atomic E-state index is 13.3. The predicted molar refractivity (Wildman–Crippen MR) is 123 cm³/mol. The molecule has 0 bridgehead atoms. The minimum Gasteiger partial charge on any atom is -0.375 e. The van der Waals surface area contributed by atoms with Crippen LogP contribution in [0.2, 0.25) is 0 Å². The molecule has 3 rings (SSSR count). The van der Waals surface area contributed by atoms with Crippen LogP contribution < -0.4 is 9.62 Å². The van der Waals surface area contributed by atoms with Crippen LogP contribution in [-0.4, -0.2) is 69.9 Å². The van der Waals surface area contributed by atoms with Gasteiger partial charge in [-0.2, -0.15) is 0 Å². The molecule has 0 spiro atoms. The van der Waals surface area contributed by atoms with Gasteiger partial charge in [-0.05, 0) is 37.3 Å². The van der Waals surface area contributed by atoms with Crippen LogP contribution in [0.1, 0.15) is 24.8 Å². The van der Waals surface area contributed by atoms with Crippen LogP contribution in [0.3, 0.4) is 0 Å². The third kappa shape index (κ3) is 5.62. The van der Waals surface area contributed by atoms with E-state index in [-0.39, 0.29) is 11.9 Å². The molecule has 1 aromatic heterocycles. The van der Waals surface area contributed by atoms with Gasteiger partial charge in [-0.1, -0.05) is 18.2 Å². The van der Waals surface area contributed by atoms with Gasteiger partial charge in [0.2, 0.25) is 10.0 Å². The van der Waals surface area contributed by atoms with Gasteiger partial charge in [-0.25, -0.2) is 28.2 Å². The first-order chi connectivity index (χ1) is 15.0. The van der Waals surface area contributed by atoms with Crippen LogP contribution in [0.15, 0.2) is 36.7 Å². The molecule has 174 valence electrons. The molecule has 1 amide bonds. The molecular formula is C22H31N5O4S. The summed E-state index contributed by atoms with van der Waals surface area (Å²) in [5.74, 6) is 0.449. The number of carbonyl (C=O) groups excluding carboxylic acids is 1. The maximum Gasteiger partial charge on any atom is 0.252 e. The Bertz CT molecular complexity index is 1060. The summed E-state index contributed by atoms with van der Waals surface area (Å²) in [4.78, 5) is 29.3. The van der Waals surface area contributed by atoms with Gasteiger partial charge in [0.25, 0.3) is 5.91 Å². The normalized spacial score (nSPS) is 20.8. The van der Waals surface area contributed by atoms with E-state index in [1.54, 1.807) is 19.4 Å². The van der Waals surface area contributed by atoms with Crippen molar-refractivity contribution in [3.8, 4) is 11.4 Å². The lowest BCUT2D eigenvalue weighted by Crippen LogP contribution is -2.43. The fraction of sp³-hybridized carbons (Fsp3) is 0.500. The number of nitrogens with one attached hydrogen (secondary N) is 1. The highest BCUT2D eigenvalue weighted by atomic mass is 32.2. The number of carbonyl (C=O) groups is 1. The Hall–Kier alpha value is -2.56. The third-order valence-electron chi connectivity index (χ3n) is 5.89. The Labute approximate surface area is 189 Å². The highest BCUT2D eigenvalue weighted by Gasteiger charge is 2.47. The number of amides is 1. The number of nitrogens with zero attached hydrogens (tertiary/aromatic N) is 4. The molecule has 1 aliphatic carbocycles. The molecule has 9 nitrogen and oxygen atoms in total. The fourth-order valence-electron chi connectivity index (χ4n) is 4.29. The van der Waals surface area contributed by atoms with Crippen LogP contribution >= 0.6 is 0 Å². The molecule has 0 saturated heterocycles. The molecule has 1 fully saturated rings. The summed E-state index contributed by atoms with van der Waals surface area (Å²) < 4.78 is 26.1. The number of anilines is 1. The number of aromatic nitrogens is 2. The second-order valence-electron chi connectivity index (χ2n) is 8.63. The van der Waals surface area contributed by atoms with Crippen LogP contribution in [0.25, 0.3) is 11.4 Å². The molecule has 0 radical (unpaired) electrons. The fourth-order valence-corrected chi connectivity index (χ4v) is 5.10. The number of sulfonamides is 1. The number of hydrogen-bond donors (Lipinski definition) is 1. The molecule has 10 heteroatoms. The quantitative estimate of drug-likeness (QED) is 0.598. The van der Waals surface area contributed by atoms with E-state index in [0.29, 0.717) is 31.5 Å². The van der Waals surface area contributed by atoms with Crippen molar-refractivity contribution < 1.29 is 18.0 Å². The lowest BCUT2D eigenvalue weighted by Gasteiger charge is -2.31. The molecule has 32 heavy (non-hydrogen) atoms. The number of hydrogen-bond acceptors (Lipinski definition) is 7. The van der Waals surface area contributed by atoms with Crippen molar-refractivity contribution in [2.24, 2.45) is 5.41 Å². The van der Waals surface area contributed by atoms with Gasteiger partial charge in [0.1, 0.15) is 0 Å². The molecule has 0 unspecified atom stereocenters. The van der Waals surface area contributed by atoms with Gasteiger partial charge in [-0.15, -0.1) is 0 Å². The van der Waals surface area contributed by atoms with Crippen molar-refractivity contribution >= 4 is 21.6 Å². The van der Waals surface area contributed by atoms with E-state index >= 15 is 0 Å². The Morgan fingerprint density at radius 2 is 1.94 bits per heavy atom. The second kappa shape index (κ2) is 9.51. The standard InChI is InChI=1S/C22H31N5O4S/c1-26(2)19-14-23-20(24-15-19)17-8-6-7-16(11-17)12-22(21(28)27(3)31-4)10-9-18(13-22)25-32(5,29)30/h6-8,11,14-15,18,25H,9-10,12-13H2,1-5H3/t18-,22+/m0/s1. The molecule has 1 aliphatic rings. The van der Waals surface area contributed by atoms with Crippen LogP contribution in [-0.2, 0) is 26.1 Å². The molecule has 1 saturated carbocycles. The molecule has 1 aromatic carbocycles. The lowest BCUT2D eigenvalue weighted by molar-refractivity contribution is -0.180. The Balaban J connectivity index is 1.88. The Morgan fingerprint density at radius 1 is 1.25 bits per heavy atom. The largest absolute Gasteiger partial charge is 0.375 e. The van der Waals surface area contributed by atoms with Gasteiger partial charge in [0, 0.05) is 32.7 Å². The molecule has 1 N–H and O–H groups in total. The average molecular weight is 462 g/mol. The number of benzene rings is 1. The number of hydroxylamine groups is 2. The van der Waals surface area contributed by atoms with E-state index in [2.05, 4.69) is 14.7 Å². The average Bonchev–Trinajstić information content (AvgIpc) is 3.14. The van der Waals surface area contributed by atoms with E-state index in [1.165, 1.54) is 12.2 Å². The zero-order valence-corrected chi connectivity index (χ0v) is 20.0. The van der Waals surface area contributed by atoms with Gasteiger partial charge in [0.05, 0.1) is 36.9 Å². The van der Waals surface area contributed by atoms with E-state index in [4.69, 9.17) is 4.84 Å². The topological polar surface area (TPSA) is 105 Å². The van der Waals surface area contributed by atoms with E-state index in [1.807, 2.05) is 43.3 Å². The van der Waals surface area contributed by atoms with Crippen molar-refractivity contribution in [3.05, 3.63) is 42.2 Å². The highest BCUT2D eigenvalue weighted by Crippen LogP contribution is 2.43. The van der Waals surface area contributed by atoms with E-state index < -0.39 is 15.4 Å². The van der Waals surface area contributed by atoms with Crippen LogP contribution in [0.4, 0.5) is 5.69 Å². The Morgan fingerprint density at radius 3 is 2.53 bits per heavy atom. The summed E-state index contributed by atoms with van der Waals surface area (Å²) in [6.45, 7) is 0. The minimum atomic E-state index is -3.36. The first-order valence-corrected chi connectivity index (χ1v) is 12.3. The van der Waals surface area contributed by atoms with Crippen molar-refractivity contribution in [2.45, 2.75) is 31.7 Å². The summed E-state index contributed by atoms with van der Waals surface area (Å²) in [5, 5.41) is 1.23. The van der Waals surface area contributed by atoms with Crippen LogP contribution in [0, 0.1) is 5.41 Å².